The van der Waals surface area contributed by atoms with Gasteiger partial charge in [-0.15, -0.1) is 0 Å². The average Bonchev–Trinajstić information content (AvgIpc) is 3.49. The molecule has 1 heterocycles. The fraction of sp³-hybridized carbons (Fsp3) is 0.524. The number of nitrogens with one attached hydrogen (secondary N) is 2. The van der Waals surface area contributed by atoms with Gasteiger partial charge in [-0.1, -0.05) is 25.1 Å². The third-order valence-electron chi connectivity index (χ3n) is 5.17. The second-order valence-electron chi connectivity index (χ2n) is 7.84. The number of halogens is 1. The zero-order valence-electron chi connectivity index (χ0n) is 17.5. The van der Waals surface area contributed by atoms with Crippen LogP contribution in [0.3, 0.4) is 0 Å². The van der Waals surface area contributed by atoms with Crippen molar-refractivity contribution in [2.75, 3.05) is 25.4 Å². The quantitative estimate of drug-likeness (QED) is 0.374. The second-order valence-corrected chi connectivity index (χ2v) is 9.71. The Balaban J connectivity index is 1.51. The first kappa shape index (κ1) is 23.2. The minimum Gasteiger partial charge on any atom is -0.490 e. The molecular formula is C21H28FN3O5S. The molecule has 1 aliphatic heterocycles. The molecule has 1 saturated carbocycles. The van der Waals surface area contributed by atoms with E-state index in [-0.39, 0.29) is 36.9 Å². The predicted octanol–water partition coefficient (Wildman–Crippen LogP) is 2.48. The van der Waals surface area contributed by atoms with Gasteiger partial charge in [0.15, 0.2) is 11.6 Å². The van der Waals surface area contributed by atoms with Crippen molar-refractivity contribution in [3.8, 4) is 5.75 Å². The van der Waals surface area contributed by atoms with Crippen LogP contribution in [-0.4, -0.2) is 50.7 Å². The smallest absolute Gasteiger partial charge is 0.324 e. The lowest BCUT2D eigenvalue weighted by Crippen LogP contribution is -2.30. The molecule has 8 nitrogen and oxygen atoms in total. The standard InChI is InChI=1S/C21H28FN3O5S/c1-2-18(16-8-9-17(22)19(12-16)30-14-15-6-7-15)24-31(28,29)11-5-3-4-10-25-13-20(26)23-21(25)27/h3-4,8-9,12,15,18,24H,2,5-7,10-11,13-14H2,1H3,(H,23,26,27)/b4-3+/t18-/m1/s1. The highest BCUT2D eigenvalue weighted by Crippen LogP contribution is 2.31. The van der Waals surface area contributed by atoms with Crippen molar-refractivity contribution in [2.24, 2.45) is 5.92 Å². The first-order valence-electron chi connectivity index (χ1n) is 10.4. The molecule has 1 aromatic rings. The van der Waals surface area contributed by atoms with Gasteiger partial charge >= 0.3 is 6.03 Å². The SMILES string of the molecule is CC[C@@H](NS(=O)(=O)CC/C=C/CN1CC(=O)NC1=O)c1ccc(F)c(OCC2CC2)c1. The monoisotopic (exact) mass is 453 g/mol. The van der Waals surface area contributed by atoms with Crippen molar-refractivity contribution in [1.82, 2.24) is 14.9 Å². The highest BCUT2D eigenvalue weighted by molar-refractivity contribution is 7.89. The fourth-order valence-electron chi connectivity index (χ4n) is 3.18. The largest absolute Gasteiger partial charge is 0.490 e. The molecule has 0 unspecified atom stereocenters. The minimum atomic E-state index is -3.58. The van der Waals surface area contributed by atoms with Gasteiger partial charge in [0.2, 0.25) is 15.9 Å². The van der Waals surface area contributed by atoms with E-state index in [1.807, 2.05) is 6.92 Å². The molecule has 0 aromatic heterocycles. The Morgan fingerprint density at radius 3 is 2.74 bits per heavy atom. The molecule has 1 aromatic carbocycles. The molecule has 3 rings (SSSR count). The fourth-order valence-corrected chi connectivity index (χ4v) is 4.48. The minimum absolute atomic E-state index is 0.00519. The summed E-state index contributed by atoms with van der Waals surface area (Å²) in [6, 6.07) is 3.50. The highest BCUT2D eigenvalue weighted by atomic mass is 32.2. The van der Waals surface area contributed by atoms with Crippen LogP contribution in [0.2, 0.25) is 0 Å². The molecule has 31 heavy (non-hydrogen) atoms. The normalized spacial score (nSPS) is 17.9. The van der Waals surface area contributed by atoms with E-state index in [4.69, 9.17) is 4.74 Å². The molecule has 3 amide bonds. The van der Waals surface area contributed by atoms with Gasteiger partial charge in [0.05, 0.1) is 12.4 Å². The van der Waals surface area contributed by atoms with Crippen molar-refractivity contribution >= 4 is 22.0 Å². The van der Waals surface area contributed by atoms with E-state index < -0.39 is 27.9 Å². The number of hydrogen-bond acceptors (Lipinski definition) is 5. The van der Waals surface area contributed by atoms with Gasteiger partial charge in [0, 0.05) is 12.6 Å². The van der Waals surface area contributed by atoms with Crippen LogP contribution in [0.5, 0.6) is 5.75 Å². The van der Waals surface area contributed by atoms with Gasteiger partial charge in [-0.25, -0.2) is 22.3 Å². The van der Waals surface area contributed by atoms with E-state index in [2.05, 4.69) is 10.0 Å². The van der Waals surface area contributed by atoms with Crippen LogP contribution in [0.4, 0.5) is 9.18 Å². The number of ether oxygens (including phenoxy) is 1. The van der Waals surface area contributed by atoms with Crippen molar-refractivity contribution in [2.45, 2.75) is 38.6 Å². The number of carbonyl (C=O) groups excluding carboxylic acids is 2. The predicted molar refractivity (Wildman–Crippen MR) is 113 cm³/mol. The molecule has 170 valence electrons. The Bertz CT molecular complexity index is 946. The number of rotatable bonds is 12. The van der Waals surface area contributed by atoms with Crippen molar-refractivity contribution < 1.29 is 27.1 Å². The number of urea groups is 1. The Kier molecular flexibility index (Phi) is 7.66. The van der Waals surface area contributed by atoms with E-state index in [9.17, 15) is 22.4 Å². The molecule has 1 aliphatic carbocycles. The second kappa shape index (κ2) is 10.2. The summed E-state index contributed by atoms with van der Waals surface area (Å²) in [6.07, 6.45) is 6.27. The van der Waals surface area contributed by atoms with Crippen LogP contribution in [0.25, 0.3) is 0 Å². The van der Waals surface area contributed by atoms with Crippen molar-refractivity contribution in [3.63, 3.8) is 0 Å². The lowest BCUT2D eigenvalue weighted by molar-refractivity contribution is -0.118. The number of nitrogens with zero attached hydrogens (tertiary/aromatic N) is 1. The number of hydrogen-bond donors (Lipinski definition) is 2. The van der Waals surface area contributed by atoms with Gasteiger partial charge in [0.1, 0.15) is 6.54 Å². The molecule has 10 heteroatoms. The molecule has 0 radical (unpaired) electrons. The lowest BCUT2D eigenvalue weighted by atomic mass is 10.1. The molecule has 0 bridgehead atoms. The van der Waals surface area contributed by atoms with E-state index >= 15 is 0 Å². The maximum atomic E-state index is 14.0. The summed E-state index contributed by atoms with van der Waals surface area (Å²) in [4.78, 5) is 23.9. The Hall–Kier alpha value is -2.46. The van der Waals surface area contributed by atoms with Crippen LogP contribution >= 0.6 is 0 Å². The molecule has 1 saturated heterocycles. The molecular weight excluding hydrogens is 425 g/mol. The zero-order chi connectivity index (χ0) is 22.4. The summed E-state index contributed by atoms with van der Waals surface area (Å²) in [5.74, 6) is -0.304. The number of amides is 3. The lowest BCUT2D eigenvalue weighted by Gasteiger charge is -2.18. The van der Waals surface area contributed by atoms with Crippen LogP contribution in [0, 0.1) is 11.7 Å². The highest BCUT2D eigenvalue weighted by Gasteiger charge is 2.25. The van der Waals surface area contributed by atoms with Crippen LogP contribution in [0.1, 0.15) is 44.2 Å². The van der Waals surface area contributed by atoms with Crippen LogP contribution in [-0.2, 0) is 14.8 Å². The molecule has 2 aliphatic rings. The molecule has 0 spiro atoms. The first-order chi connectivity index (χ1) is 14.8. The average molecular weight is 454 g/mol. The van der Waals surface area contributed by atoms with E-state index in [1.54, 1.807) is 24.3 Å². The molecule has 1 atom stereocenters. The summed E-state index contributed by atoms with van der Waals surface area (Å²) < 4.78 is 47.2. The summed E-state index contributed by atoms with van der Waals surface area (Å²) in [6.45, 7) is 2.57. The number of benzene rings is 1. The number of carbonyl (C=O) groups is 2. The van der Waals surface area contributed by atoms with Gasteiger partial charge in [-0.2, -0.15) is 0 Å². The third kappa shape index (κ3) is 7.03. The Morgan fingerprint density at radius 2 is 2.10 bits per heavy atom. The van der Waals surface area contributed by atoms with Gasteiger partial charge in [0.25, 0.3) is 0 Å². The van der Waals surface area contributed by atoms with Crippen LogP contribution < -0.4 is 14.8 Å². The number of sulfonamides is 1. The topological polar surface area (TPSA) is 105 Å². The van der Waals surface area contributed by atoms with Crippen molar-refractivity contribution in [1.29, 1.82) is 0 Å². The summed E-state index contributed by atoms with van der Waals surface area (Å²) in [5, 5.41) is 2.18. The van der Waals surface area contributed by atoms with Gasteiger partial charge in [-0.3, -0.25) is 10.1 Å². The van der Waals surface area contributed by atoms with Gasteiger partial charge < -0.3 is 9.64 Å². The number of allylic oxidation sites excluding steroid dienone is 1. The van der Waals surface area contributed by atoms with E-state index in [0.717, 1.165) is 12.8 Å². The summed E-state index contributed by atoms with van der Waals surface area (Å²) >= 11 is 0. The molecule has 2 fully saturated rings. The maximum Gasteiger partial charge on any atom is 0.324 e. The Morgan fingerprint density at radius 1 is 1.32 bits per heavy atom. The maximum absolute atomic E-state index is 14.0. The van der Waals surface area contributed by atoms with E-state index in [1.165, 1.54) is 11.0 Å². The van der Waals surface area contributed by atoms with Crippen molar-refractivity contribution in [3.05, 3.63) is 41.7 Å². The van der Waals surface area contributed by atoms with E-state index in [0.29, 0.717) is 24.5 Å². The van der Waals surface area contributed by atoms with Gasteiger partial charge in [-0.05, 0) is 49.3 Å². The third-order valence-corrected chi connectivity index (χ3v) is 6.59. The summed E-state index contributed by atoms with van der Waals surface area (Å²) in [5.41, 5.74) is 0.651. The zero-order valence-corrected chi connectivity index (χ0v) is 18.3. The Labute approximate surface area is 181 Å². The number of imide groups is 1. The van der Waals surface area contributed by atoms with Crippen LogP contribution in [0.15, 0.2) is 30.4 Å². The molecule has 2 N–H and O–H groups in total. The summed E-state index contributed by atoms with van der Waals surface area (Å²) in [7, 11) is -3.58. The first-order valence-corrected chi connectivity index (χ1v) is 12.1.